The molecule has 4 fully saturated rings. The summed E-state index contributed by atoms with van der Waals surface area (Å²) in [6.07, 6.45) is 2.51. The Morgan fingerprint density at radius 2 is 1.48 bits per heavy atom. The first-order valence-corrected chi connectivity index (χ1v) is 17.4. The summed E-state index contributed by atoms with van der Waals surface area (Å²) >= 11 is 6.11. The van der Waals surface area contributed by atoms with E-state index in [1.165, 1.54) is 17.0 Å². The third-order valence-corrected chi connectivity index (χ3v) is 12.1. The van der Waals surface area contributed by atoms with Gasteiger partial charge in [0.1, 0.15) is 11.6 Å². The Kier molecular flexibility index (Phi) is 7.69. The molecule has 11 heteroatoms. The van der Waals surface area contributed by atoms with E-state index >= 15 is 0 Å². The molecule has 4 amide bonds. The zero-order valence-electron chi connectivity index (χ0n) is 28.0. The van der Waals surface area contributed by atoms with E-state index in [1.807, 2.05) is 30.3 Å². The van der Waals surface area contributed by atoms with E-state index < -0.39 is 52.6 Å². The molecule has 3 aliphatic heterocycles. The Bertz CT molecular complexity index is 1990. The lowest BCUT2D eigenvalue weighted by atomic mass is 9.51. The molecule has 258 valence electrons. The van der Waals surface area contributed by atoms with Crippen molar-refractivity contribution in [2.75, 3.05) is 41.0 Å². The molecule has 1 saturated carbocycles. The van der Waals surface area contributed by atoms with Crippen molar-refractivity contribution in [1.29, 1.82) is 0 Å². The minimum atomic E-state index is -1.27. The fraction of sp³-hybridized carbons (Fsp3) is 0.385. The van der Waals surface area contributed by atoms with Gasteiger partial charge in [-0.15, -0.1) is 0 Å². The van der Waals surface area contributed by atoms with Gasteiger partial charge in [0.05, 0.1) is 52.8 Å². The summed E-state index contributed by atoms with van der Waals surface area (Å²) in [4.78, 5) is 62.2. The van der Waals surface area contributed by atoms with Crippen molar-refractivity contribution >= 4 is 52.3 Å². The molecule has 3 heterocycles. The molecule has 6 unspecified atom stereocenters. The Balaban J connectivity index is 1.20. The summed E-state index contributed by atoms with van der Waals surface area (Å²) in [6.45, 7) is 8.15. The van der Waals surface area contributed by atoms with Crippen LogP contribution in [0.1, 0.15) is 42.4 Å². The Morgan fingerprint density at radius 3 is 2.14 bits per heavy atom. The molecule has 3 aromatic carbocycles. The number of ether oxygens (including phenoxy) is 1. The van der Waals surface area contributed by atoms with Gasteiger partial charge in [0.2, 0.25) is 23.6 Å². The zero-order chi connectivity index (χ0) is 35.2. The number of fused-ring (bicyclic) bond motifs is 4. The lowest BCUT2D eigenvalue weighted by molar-refractivity contribution is -0.131. The molecular formula is C39H37ClFN3O6. The van der Waals surface area contributed by atoms with Crippen LogP contribution in [0.15, 0.2) is 66.2 Å². The van der Waals surface area contributed by atoms with Crippen LogP contribution < -0.4 is 14.7 Å². The molecule has 9 nitrogen and oxygen atoms in total. The maximum atomic E-state index is 14.6. The van der Waals surface area contributed by atoms with Crippen molar-refractivity contribution in [1.82, 2.24) is 0 Å². The van der Waals surface area contributed by atoms with Gasteiger partial charge in [-0.1, -0.05) is 35.4 Å². The number of aryl methyl sites for hydroxylation is 2. The average molecular weight is 698 g/mol. The first-order valence-electron chi connectivity index (χ1n) is 17.1. The monoisotopic (exact) mass is 697 g/mol. The van der Waals surface area contributed by atoms with Crippen LogP contribution in [0.4, 0.5) is 21.5 Å². The van der Waals surface area contributed by atoms with Crippen molar-refractivity contribution in [2.45, 2.75) is 39.5 Å². The first kappa shape index (κ1) is 32.7. The molecular weight excluding hydrogens is 661 g/mol. The number of rotatable bonds is 4. The Hall–Kier alpha value is -4.54. The van der Waals surface area contributed by atoms with E-state index in [0.29, 0.717) is 36.4 Å². The van der Waals surface area contributed by atoms with Crippen LogP contribution in [0.2, 0.25) is 5.02 Å². The number of benzene rings is 3. The quantitative estimate of drug-likeness (QED) is 0.261. The van der Waals surface area contributed by atoms with E-state index in [4.69, 9.17) is 16.3 Å². The van der Waals surface area contributed by atoms with Gasteiger partial charge in [-0.05, 0) is 98.7 Å². The van der Waals surface area contributed by atoms with Crippen LogP contribution in [0.5, 0.6) is 5.75 Å². The number of imide groups is 2. The van der Waals surface area contributed by atoms with E-state index in [1.54, 1.807) is 32.9 Å². The molecule has 0 spiro atoms. The van der Waals surface area contributed by atoms with Crippen molar-refractivity contribution in [3.8, 4) is 5.75 Å². The molecule has 6 atom stereocenters. The Labute approximate surface area is 294 Å². The number of hydrogen-bond acceptors (Lipinski definition) is 7. The highest BCUT2D eigenvalue weighted by molar-refractivity contribution is 6.32. The fourth-order valence-corrected chi connectivity index (χ4v) is 9.49. The fourth-order valence-electron chi connectivity index (χ4n) is 9.31. The molecule has 0 bridgehead atoms. The topological polar surface area (TPSA) is 107 Å². The van der Waals surface area contributed by atoms with Crippen LogP contribution in [0, 0.1) is 48.8 Å². The first-order chi connectivity index (χ1) is 23.9. The summed E-state index contributed by atoms with van der Waals surface area (Å²) < 4.78 is 19.6. The largest absolute Gasteiger partial charge is 0.507 e. The van der Waals surface area contributed by atoms with E-state index in [0.717, 1.165) is 40.9 Å². The van der Waals surface area contributed by atoms with Crippen LogP contribution in [-0.2, 0) is 23.9 Å². The maximum Gasteiger partial charge on any atom is 0.241 e. The van der Waals surface area contributed by atoms with Gasteiger partial charge in [0.25, 0.3) is 0 Å². The molecule has 3 aromatic rings. The van der Waals surface area contributed by atoms with Gasteiger partial charge in [-0.3, -0.25) is 24.1 Å². The predicted octanol–water partition coefficient (Wildman–Crippen LogP) is 6.07. The minimum Gasteiger partial charge on any atom is -0.507 e. The van der Waals surface area contributed by atoms with Gasteiger partial charge in [-0.25, -0.2) is 9.29 Å². The highest BCUT2D eigenvalue weighted by Crippen LogP contribution is 2.64. The number of anilines is 3. The standard InChI is InChI=1S/C39H37ClFN3O6/c1-20-16-22(17-21(2)34(20)45)33-26-9-10-27-32(37(48)43(35(27)46)24-6-4-23(5-7-24)42-12-14-50-15-13-42)28(26)19-29-36(47)44(38(49)39(29,33)3)25-8-11-31(41)30(40)18-25/h4-9,11,16-18,27-29,32-33,45H,10,12-15,19H2,1-3H3. The predicted molar refractivity (Wildman–Crippen MR) is 186 cm³/mol. The normalized spacial score (nSPS) is 29.3. The van der Waals surface area contributed by atoms with E-state index in [2.05, 4.69) is 4.90 Å². The number of phenols is 1. The number of carbonyl (C=O) groups excluding carboxylic acids is 4. The zero-order valence-corrected chi connectivity index (χ0v) is 28.7. The summed E-state index contributed by atoms with van der Waals surface area (Å²) in [5.74, 6) is -5.30. The molecule has 3 saturated heterocycles. The van der Waals surface area contributed by atoms with Crippen LogP contribution in [-0.4, -0.2) is 55.0 Å². The second-order valence-electron chi connectivity index (χ2n) is 14.4. The Morgan fingerprint density at radius 1 is 0.840 bits per heavy atom. The second kappa shape index (κ2) is 11.8. The van der Waals surface area contributed by atoms with Gasteiger partial charge >= 0.3 is 0 Å². The van der Waals surface area contributed by atoms with Gasteiger partial charge in [-0.2, -0.15) is 0 Å². The number of amides is 4. The molecule has 8 rings (SSSR count). The number of allylic oxidation sites excluding steroid dienone is 2. The third-order valence-electron chi connectivity index (χ3n) is 11.8. The summed E-state index contributed by atoms with van der Waals surface area (Å²) in [5, 5.41) is 10.5. The van der Waals surface area contributed by atoms with Gasteiger partial charge in [0, 0.05) is 24.7 Å². The average Bonchev–Trinajstić information content (AvgIpc) is 3.48. The van der Waals surface area contributed by atoms with Crippen molar-refractivity contribution in [3.05, 3.63) is 93.8 Å². The summed E-state index contributed by atoms with van der Waals surface area (Å²) in [6, 6.07) is 14.9. The van der Waals surface area contributed by atoms with Crippen LogP contribution in [0.25, 0.3) is 0 Å². The van der Waals surface area contributed by atoms with E-state index in [-0.39, 0.29) is 34.7 Å². The van der Waals surface area contributed by atoms with Crippen LogP contribution >= 0.6 is 11.6 Å². The molecule has 50 heavy (non-hydrogen) atoms. The van der Waals surface area contributed by atoms with Crippen molar-refractivity contribution in [3.63, 3.8) is 0 Å². The number of nitrogens with zero attached hydrogens (tertiary/aromatic N) is 3. The summed E-state index contributed by atoms with van der Waals surface area (Å²) in [5.41, 5.74) is 3.22. The number of hydrogen-bond donors (Lipinski definition) is 1. The highest BCUT2D eigenvalue weighted by atomic mass is 35.5. The molecule has 0 aromatic heterocycles. The minimum absolute atomic E-state index is 0.142. The van der Waals surface area contributed by atoms with Gasteiger partial charge < -0.3 is 14.7 Å². The number of halogens is 2. The van der Waals surface area contributed by atoms with Crippen molar-refractivity contribution < 1.29 is 33.4 Å². The molecule has 1 N–H and O–H groups in total. The summed E-state index contributed by atoms with van der Waals surface area (Å²) in [7, 11) is 0. The number of phenolic OH excluding ortho intramolecular Hbond substituents is 1. The third kappa shape index (κ3) is 4.67. The van der Waals surface area contributed by atoms with Gasteiger partial charge in [0.15, 0.2) is 0 Å². The lowest BCUT2D eigenvalue weighted by Crippen LogP contribution is -2.49. The highest BCUT2D eigenvalue weighted by Gasteiger charge is 2.67. The molecule has 5 aliphatic rings. The molecule has 2 aliphatic carbocycles. The maximum absolute atomic E-state index is 14.6. The lowest BCUT2D eigenvalue weighted by Gasteiger charge is -2.49. The van der Waals surface area contributed by atoms with Crippen molar-refractivity contribution in [2.24, 2.45) is 29.1 Å². The van der Waals surface area contributed by atoms with Crippen LogP contribution in [0.3, 0.4) is 0 Å². The SMILES string of the molecule is Cc1cc(C2C3=CCC4C(=O)N(c5ccc(N6CCOCC6)cc5)C(=O)C4C3CC3C(=O)N(c4ccc(F)c(Cl)c4)C(=O)C32C)cc(C)c1O. The number of morpholine rings is 1. The number of aromatic hydroxyl groups is 1. The second-order valence-corrected chi connectivity index (χ2v) is 14.8. The van der Waals surface area contributed by atoms with E-state index in [9.17, 15) is 28.7 Å². The smallest absolute Gasteiger partial charge is 0.241 e. The number of carbonyl (C=O) groups is 4. The molecule has 0 radical (unpaired) electrons.